The maximum atomic E-state index is 12.3. The maximum absolute atomic E-state index is 12.3. The number of likely N-dealkylation sites (tertiary alicyclic amines) is 1. The number of hydrogen-bond donors (Lipinski definition) is 1. The number of piperidine rings is 1. The molecular formula is C18H23Cl2NO3. The fourth-order valence-corrected chi connectivity index (χ4v) is 4.31. The van der Waals surface area contributed by atoms with Crippen LogP contribution in [-0.4, -0.2) is 41.4 Å². The number of aliphatic hydroxyl groups is 1. The van der Waals surface area contributed by atoms with Crippen molar-refractivity contribution in [2.75, 3.05) is 19.7 Å². The first-order valence-corrected chi connectivity index (χ1v) is 8.99. The van der Waals surface area contributed by atoms with Crippen molar-refractivity contribution in [2.45, 2.75) is 38.2 Å². The van der Waals surface area contributed by atoms with Gasteiger partial charge in [0.1, 0.15) is 5.60 Å². The molecule has 1 aliphatic carbocycles. The lowest BCUT2D eigenvalue weighted by molar-refractivity contribution is 0.0206. The van der Waals surface area contributed by atoms with E-state index in [0.717, 1.165) is 12.0 Å². The highest BCUT2D eigenvalue weighted by Crippen LogP contribution is 2.63. The number of halogens is 2. The summed E-state index contributed by atoms with van der Waals surface area (Å²) in [6, 6.07) is 5.55. The predicted octanol–water partition coefficient (Wildman–Crippen LogP) is 4.11. The smallest absolute Gasteiger partial charge is 0.410 e. The van der Waals surface area contributed by atoms with Crippen molar-refractivity contribution in [3.8, 4) is 0 Å². The van der Waals surface area contributed by atoms with Crippen molar-refractivity contribution in [3.05, 3.63) is 33.8 Å². The molecule has 1 aromatic rings. The molecule has 1 aromatic carbocycles. The number of rotatable bonds is 2. The van der Waals surface area contributed by atoms with E-state index in [2.05, 4.69) is 0 Å². The Hall–Kier alpha value is -0.970. The van der Waals surface area contributed by atoms with Crippen LogP contribution in [0.2, 0.25) is 10.0 Å². The van der Waals surface area contributed by atoms with Crippen LogP contribution in [0.5, 0.6) is 0 Å². The monoisotopic (exact) mass is 371 g/mol. The van der Waals surface area contributed by atoms with Gasteiger partial charge in [-0.1, -0.05) is 29.3 Å². The minimum absolute atomic E-state index is 0.0441. The molecule has 2 fully saturated rings. The summed E-state index contributed by atoms with van der Waals surface area (Å²) in [5.74, 6) is 0.583. The van der Waals surface area contributed by atoms with E-state index in [1.54, 1.807) is 11.0 Å². The topological polar surface area (TPSA) is 49.8 Å². The van der Waals surface area contributed by atoms with Gasteiger partial charge in [0.05, 0.1) is 16.7 Å². The van der Waals surface area contributed by atoms with Crippen LogP contribution in [0.3, 0.4) is 0 Å². The number of amides is 1. The predicted molar refractivity (Wildman–Crippen MR) is 94.6 cm³/mol. The molecule has 132 valence electrons. The zero-order valence-electron chi connectivity index (χ0n) is 14.2. The van der Waals surface area contributed by atoms with Gasteiger partial charge in [0.2, 0.25) is 0 Å². The van der Waals surface area contributed by atoms with E-state index in [-0.39, 0.29) is 24.0 Å². The molecule has 3 atom stereocenters. The van der Waals surface area contributed by atoms with E-state index >= 15 is 0 Å². The minimum Gasteiger partial charge on any atom is -0.444 e. The van der Waals surface area contributed by atoms with E-state index < -0.39 is 5.60 Å². The van der Waals surface area contributed by atoms with Gasteiger partial charge in [0.15, 0.2) is 0 Å². The summed E-state index contributed by atoms with van der Waals surface area (Å²) in [6.07, 6.45) is 0.568. The molecule has 1 amide bonds. The molecule has 24 heavy (non-hydrogen) atoms. The first kappa shape index (κ1) is 17.8. The lowest BCUT2D eigenvalue weighted by atomic mass is 9.92. The van der Waals surface area contributed by atoms with Gasteiger partial charge in [-0.2, -0.15) is 0 Å². The van der Waals surface area contributed by atoms with Gasteiger partial charge in [0, 0.05) is 18.5 Å². The Morgan fingerprint density at radius 2 is 2.04 bits per heavy atom. The molecule has 1 saturated heterocycles. The molecule has 1 saturated carbocycles. The third-order valence-electron chi connectivity index (χ3n) is 5.20. The second-order valence-electron chi connectivity index (χ2n) is 7.76. The third-order valence-corrected chi connectivity index (χ3v) is 5.94. The summed E-state index contributed by atoms with van der Waals surface area (Å²) < 4.78 is 5.47. The van der Waals surface area contributed by atoms with Gasteiger partial charge in [0.25, 0.3) is 0 Å². The highest BCUT2D eigenvalue weighted by atomic mass is 35.5. The van der Waals surface area contributed by atoms with Crippen molar-refractivity contribution in [2.24, 2.45) is 11.8 Å². The van der Waals surface area contributed by atoms with Gasteiger partial charge in [-0.05, 0) is 56.7 Å². The van der Waals surface area contributed by atoms with Crippen molar-refractivity contribution < 1.29 is 14.6 Å². The Labute approximate surface area is 152 Å². The van der Waals surface area contributed by atoms with Crippen molar-refractivity contribution in [1.82, 2.24) is 4.90 Å². The normalized spacial score (nSPS) is 29.2. The highest BCUT2D eigenvalue weighted by Gasteiger charge is 2.66. The van der Waals surface area contributed by atoms with Crippen molar-refractivity contribution in [3.63, 3.8) is 0 Å². The summed E-state index contributed by atoms with van der Waals surface area (Å²) in [6.45, 7) is 6.88. The molecule has 1 N–H and O–H groups in total. The average Bonchev–Trinajstić information content (AvgIpc) is 3.16. The van der Waals surface area contributed by atoms with Gasteiger partial charge < -0.3 is 14.7 Å². The average molecular weight is 372 g/mol. The Morgan fingerprint density at radius 3 is 2.62 bits per heavy atom. The molecule has 2 aliphatic rings. The minimum atomic E-state index is -0.505. The molecule has 0 aromatic heterocycles. The van der Waals surface area contributed by atoms with Crippen LogP contribution >= 0.6 is 23.2 Å². The third kappa shape index (κ3) is 3.00. The van der Waals surface area contributed by atoms with Crippen LogP contribution in [-0.2, 0) is 10.2 Å². The lowest BCUT2D eigenvalue weighted by Crippen LogP contribution is -2.40. The number of carbonyl (C=O) groups is 1. The summed E-state index contributed by atoms with van der Waals surface area (Å²) in [5.41, 5.74) is 0.167. The molecular weight excluding hydrogens is 349 g/mol. The van der Waals surface area contributed by atoms with Gasteiger partial charge in [-0.3, -0.25) is 0 Å². The van der Waals surface area contributed by atoms with Crippen molar-refractivity contribution >= 4 is 29.3 Å². The first-order valence-electron chi connectivity index (χ1n) is 8.23. The van der Waals surface area contributed by atoms with E-state index in [1.807, 2.05) is 32.9 Å². The molecule has 6 heteroatoms. The van der Waals surface area contributed by atoms with Gasteiger partial charge in [-0.25, -0.2) is 4.79 Å². The number of ether oxygens (including phenoxy) is 1. The fourth-order valence-electron chi connectivity index (χ4n) is 4.01. The first-order chi connectivity index (χ1) is 11.2. The summed E-state index contributed by atoms with van der Waals surface area (Å²) >= 11 is 12.2. The summed E-state index contributed by atoms with van der Waals surface area (Å²) in [5, 5.41) is 11.1. The molecule has 1 heterocycles. The maximum Gasteiger partial charge on any atom is 0.410 e. The Morgan fingerprint density at radius 1 is 1.33 bits per heavy atom. The van der Waals surface area contributed by atoms with E-state index in [9.17, 15) is 9.90 Å². The molecule has 1 aliphatic heterocycles. The highest BCUT2D eigenvalue weighted by molar-refractivity contribution is 6.42. The van der Waals surface area contributed by atoms with Crippen LogP contribution in [0.1, 0.15) is 32.8 Å². The van der Waals surface area contributed by atoms with Gasteiger partial charge in [-0.15, -0.1) is 0 Å². The molecule has 3 unspecified atom stereocenters. The van der Waals surface area contributed by atoms with Crippen LogP contribution < -0.4 is 0 Å². The van der Waals surface area contributed by atoms with Crippen molar-refractivity contribution in [1.29, 1.82) is 0 Å². The quantitative estimate of drug-likeness (QED) is 0.850. The van der Waals surface area contributed by atoms with E-state index in [0.29, 0.717) is 29.1 Å². The zero-order chi connectivity index (χ0) is 17.7. The molecule has 0 spiro atoms. The number of nitrogens with zero attached hydrogens (tertiary/aromatic N) is 1. The number of carbonyl (C=O) groups excluding carboxylic acids is 1. The standard InChI is InChI=1S/C18H23Cl2NO3/c1-17(2,3)24-16(23)21-7-6-12-13(9-21)18(12,10-22)11-4-5-14(19)15(20)8-11/h4-5,8,12-13,22H,6-7,9-10H2,1-3H3. The van der Waals surface area contributed by atoms with Crippen LogP contribution in [0.4, 0.5) is 4.79 Å². The van der Waals surface area contributed by atoms with Crippen LogP contribution in [0.15, 0.2) is 18.2 Å². The lowest BCUT2D eigenvalue weighted by Gasteiger charge is -2.29. The number of benzene rings is 1. The van der Waals surface area contributed by atoms with Crippen LogP contribution in [0.25, 0.3) is 0 Å². The SMILES string of the molecule is CC(C)(C)OC(=O)N1CCC2C(C1)C2(CO)c1ccc(Cl)c(Cl)c1. The summed E-state index contributed by atoms with van der Waals surface area (Å²) in [7, 11) is 0. The number of aliphatic hydroxyl groups excluding tert-OH is 1. The number of hydrogen-bond acceptors (Lipinski definition) is 3. The van der Waals surface area contributed by atoms with E-state index in [1.165, 1.54) is 0 Å². The van der Waals surface area contributed by atoms with Crippen LogP contribution in [0, 0.1) is 11.8 Å². The Kier molecular flexibility index (Phi) is 4.52. The molecule has 0 bridgehead atoms. The fraction of sp³-hybridized carbons (Fsp3) is 0.611. The second kappa shape index (κ2) is 6.08. The second-order valence-corrected chi connectivity index (χ2v) is 8.57. The van der Waals surface area contributed by atoms with E-state index in [4.69, 9.17) is 27.9 Å². The molecule has 0 radical (unpaired) electrons. The zero-order valence-corrected chi connectivity index (χ0v) is 15.7. The van der Waals surface area contributed by atoms with Gasteiger partial charge >= 0.3 is 6.09 Å². The Balaban J connectivity index is 1.78. The number of fused-ring (bicyclic) bond motifs is 1. The Bertz CT molecular complexity index is 658. The largest absolute Gasteiger partial charge is 0.444 e. The summed E-state index contributed by atoms with van der Waals surface area (Å²) in [4.78, 5) is 14.1. The molecule has 3 rings (SSSR count). The molecule has 4 nitrogen and oxygen atoms in total.